The van der Waals surface area contributed by atoms with E-state index < -0.39 is 0 Å². The Hall–Kier alpha value is -3.60. The number of nitrogens with one attached hydrogen (secondary N) is 1. The van der Waals surface area contributed by atoms with E-state index in [4.69, 9.17) is 4.74 Å². The topological polar surface area (TPSA) is 58.6 Å². The molecular formula is C25H24N2O3. The molecule has 4 rings (SSSR count). The van der Waals surface area contributed by atoms with Gasteiger partial charge in [-0.15, -0.1) is 0 Å². The molecule has 3 aromatic rings. The zero-order valence-corrected chi connectivity index (χ0v) is 17.1. The van der Waals surface area contributed by atoms with Crippen molar-refractivity contribution in [1.29, 1.82) is 0 Å². The molecule has 5 nitrogen and oxygen atoms in total. The number of benzene rings is 3. The summed E-state index contributed by atoms with van der Waals surface area (Å²) in [5, 5.41) is 2.86. The van der Waals surface area contributed by atoms with Gasteiger partial charge in [0.1, 0.15) is 5.75 Å². The van der Waals surface area contributed by atoms with Crippen molar-refractivity contribution in [2.45, 2.75) is 19.8 Å². The fourth-order valence-electron chi connectivity index (χ4n) is 3.87. The summed E-state index contributed by atoms with van der Waals surface area (Å²) >= 11 is 0. The van der Waals surface area contributed by atoms with Gasteiger partial charge in [-0.1, -0.05) is 24.3 Å². The van der Waals surface area contributed by atoms with Crippen LogP contribution < -0.4 is 15.0 Å². The first-order valence-electron chi connectivity index (χ1n) is 10.0. The highest BCUT2D eigenvalue weighted by Gasteiger charge is 2.28. The summed E-state index contributed by atoms with van der Waals surface area (Å²) in [5.74, 6) is 0.469. The molecule has 152 valence electrons. The number of hydrogen-bond donors (Lipinski definition) is 1. The number of carbonyl (C=O) groups excluding carboxylic acids is 2. The largest absolute Gasteiger partial charge is 0.495 e. The Morgan fingerprint density at radius 2 is 1.67 bits per heavy atom. The summed E-state index contributed by atoms with van der Waals surface area (Å²) in [5.41, 5.74) is 5.01. The van der Waals surface area contributed by atoms with E-state index >= 15 is 0 Å². The number of rotatable bonds is 4. The number of amides is 2. The second-order valence-corrected chi connectivity index (χ2v) is 7.37. The first kappa shape index (κ1) is 19.7. The fourth-order valence-corrected chi connectivity index (χ4v) is 3.87. The van der Waals surface area contributed by atoms with Crippen molar-refractivity contribution in [2.75, 3.05) is 23.9 Å². The van der Waals surface area contributed by atoms with Crippen LogP contribution in [0.4, 0.5) is 11.4 Å². The van der Waals surface area contributed by atoms with E-state index in [-0.39, 0.29) is 11.8 Å². The molecule has 1 aliphatic rings. The maximum absolute atomic E-state index is 13.3. The molecule has 1 heterocycles. The minimum atomic E-state index is -0.181. The van der Waals surface area contributed by atoms with Crippen molar-refractivity contribution in [3.63, 3.8) is 0 Å². The lowest BCUT2D eigenvalue weighted by Gasteiger charge is -2.32. The molecule has 1 N–H and O–H groups in total. The number of methoxy groups -OCH3 is 1. The molecule has 0 fully saturated rings. The van der Waals surface area contributed by atoms with Crippen molar-refractivity contribution in [3.05, 3.63) is 89.0 Å². The van der Waals surface area contributed by atoms with E-state index in [1.54, 1.807) is 43.5 Å². The minimum absolute atomic E-state index is 0.0687. The second kappa shape index (κ2) is 8.41. The minimum Gasteiger partial charge on any atom is -0.495 e. The van der Waals surface area contributed by atoms with E-state index in [2.05, 4.69) is 12.2 Å². The molecule has 0 atom stereocenters. The first-order valence-corrected chi connectivity index (χ1v) is 10.0. The SMILES string of the molecule is COc1ccc(C)c2c1N(C(=O)c1ccc(NC(=O)c3ccccc3)cc1)CCC2. The highest BCUT2D eigenvalue weighted by atomic mass is 16.5. The number of hydrogen-bond acceptors (Lipinski definition) is 3. The third-order valence-electron chi connectivity index (χ3n) is 5.45. The summed E-state index contributed by atoms with van der Waals surface area (Å²) in [4.78, 5) is 27.4. The average Bonchev–Trinajstić information content (AvgIpc) is 2.80. The monoisotopic (exact) mass is 400 g/mol. The van der Waals surface area contributed by atoms with E-state index in [0.717, 1.165) is 24.3 Å². The number of nitrogens with zero attached hydrogens (tertiary/aromatic N) is 1. The quantitative estimate of drug-likeness (QED) is 0.681. The molecule has 0 radical (unpaired) electrons. The van der Waals surface area contributed by atoms with Gasteiger partial charge in [-0.25, -0.2) is 0 Å². The lowest BCUT2D eigenvalue weighted by atomic mass is 9.95. The number of carbonyl (C=O) groups is 2. The van der Waals surface area contributed by atoms with Gasteiger partial charge in [0.05, 0.1) is 12.8 Å². The normalized spacial score (nSPS) is 12.8. The van der Waals surface area contributed by atoms with Crippen molar-refractivity contribution in [3.8, 4) is 5.75 Å². The van der Waals surface area contributed by atoms with Crippen molar-refractivity contribution < 1.29 is 14.3 Å². The average molecular weight is 400 g/mol. The summed E-state index contributed by atoms with van der Waals surface area (Å²) in [6.07, 6.45) is 1.85. The number of fused-ring (bicyclic) bond motifs is 1. The van der Waals surface area contributed by atoms with Gasteiger partial charge >= 0.3 is 0 Å². The highest BCUT2D eigenvalue weighted by molar-refractivity contribution is 6.08. The lowest BCUT2D eigenvalue weighted by molar-refractivity contribution is 0.0983. The maximum Gasteiger partial charge on any atom is 0.258 e. The zero-order chi connectivity index (χ0) is 21.1. The zero-order valence-electron chi connectivity index (χ0n) is 17.1. The Kier molecular flexibility index (Phi) is 5.53. The van der Waals surface area contributed by atoms with Crippen LogP contribution >= 0.6 is 0 Å². The van der Waals surface area contributed by atoms with Crippen molar-refractivity contribution in [2.24, 2.45) is 0 Å². The van der Waals surface area contributed by atoms with Gasteiger partial charge in [0.25, 0.3) is 11.8 Å². The van der Waals surface area contributed by atoms with Gasteiger partial charge < -0.3 is 15.0 Å². The van der Waals surface area contributed by atoms with Crippen LogP contribution in [-0.4, -0.2) is 25.5 Å². The van der Waals surface area contributed by atoms with Gasteiger partial charge in [0.15, 0.2) is 0 Å². The number of ether oxygens (including phenoxy) is 1. The molecule has 3 aromatic carbocycles. The van der Waals surface area contributed by atoms with Crippen LogP contribution in [0.3, 0.4) is 0 Å². The van der Waals surface area contributed by atoms with Crippen molar-refractivity contribution >= 4 is 23.2 Å². The lowest BCUT2D eigenvalue weighted by Crippen LogP contribution is -2.36. The van der Waals surface area contributed by atoms with Gasteiger partial charge in [0.2, 0.25) is 0 Å². The fraction of sp³-hybridized carbons (Fsp3) is 0.200. The maximum atomic E-state index is 13.3. The summed E-state index contributed by atoms with van der Waals surface area (Å²) in [7, 11) is 1.63. The summed E-state index contributed by atoms with van der Waals surface area (Å²) in [6, 6.07) is 20.0. The Morgan fingerprint density at radius 1 is 0.933 bits per heavy atom. The van der Waals surface area contributed by atoms with Crippen LogP contribution in [0.15, 0.2) is 66.7 Å². The van der Waals surface area contributed by atoms with Crippen LogP contribution in [0.5, 0.6) is 5.75 Å². The van der Waals surface area contributed by atoms with Crippen molar-refractivity contribution in [1.82, 2.24) is 0 Å². The Balaban J connectivity index is 1.56. The Labute approximate surface area is 176 Å². The van der Waals surface area contributed by atoms with E-state index in [0.29, 0.717) is 23.4 Å². The third-order valence-corrected chi connectivity index (χ3v) is 5.45. The van der Waals surface area contributed by atoms with Gasteiger partial charge in [-0.2, -0.15) is 0 Å². The Bertz CT molecular complexity index is 1080. The molecule has 0 aromatic heterocycles. The highest BCUT2D eigenvalue weighted by Crippen LogP contribution is 2.39. The van der Waals surface area contributed by atoms with Crippen LogP contribution in [0.25, 0.3) is 0 Å². The Morgan fingerprint density at radius 3 is 2.37 bits per heavy atom. The molecule has 0 saturated heterocycles. The molecule has 0 unspecified atom stereocenters. The second-order valence-electron chi connectivity index (χ2n) is 7.37. The predicted octanol–water partition coefficient (Wildman–Crippen LogP) is 4.85. The third kappa shape index (κ3) is 3.79. The molecule has 2 amide bonds. The van der Waals surface area contributed by atoms with Gasteiger partial charge in [-0.05, 0) is 73.4 Å². The van der Waals surface area contributed by atoms with Crippen LogP contribution in [0.2, 0.25) is 0 Å². The first-order chi connectivity index (χ1) is 14.6. The number of anilines is 2. The number of aryl methyl sites for hydroxylation is 1. The molecule has 1 aliphatic heterocycles. The smallest absolute Gasteiger partial charge is 0.258 e. The van der Waals surface area contributed by atoms with Gasteiger partial charge in [-0.3, -0.25) is 9.59 Å². The van der Waals surface area contributed by atoms with Crippen LogP contribution in [-0.2, 0) is 6.42 Å². The molecule has 30 heavy (non-hydrogen) atoms. The molecule has 0 bridgehead atoms. The molecule has 5 heteroatoms. The molecule has 0 saturated carbocycles. The molecule has 0 aliphatic carbocycles. The van der Waals surface area contributed by atoms with Gasteiger partial charge in [0, 0.05) is 23.4 Å². The predicted molar refractivity (Wildman–Crippen MR) is 119 cm³/mol. The van der Waals surface area contributed by atoms with E-state index in [1.165, 1.54) is 11.1 Å². The van der Waals surface area contributed by atoms with E-state index in [1.807, 2.05) is 35.2 Å². The summed E-state index contributed by atoms with van der Waals surface area (Å²) in [6.45, 7) is 2.72. The van der Waals surface area contributed by atoms with E-state index in [9.17, 15) is 9.59 Å². The van der Waals surface area contributed by atoms with Crippen LogP contribution in [0.1, 0.15) is 38.3 Å². The molecule has 0 spiro atoms. The van der Waals surface area contributed by atoms with Crippen LogP contribution in [0, 0.1) is 6.92 Å². The standard InChI is InChI=1S/C25H24N2O3/c1-17-10-15-22(30-2)23-21(17)9-6-16-27(23)25(29)19-11-13-20(14-12-19)26-24(28)18-7-4-3-5-8-18/h3-5,7-8,10-15H,6,9,16H2,1-2H3,(H,26,28). The summed E-state index contributed by atoms with van der Waals surface area (Å²) < 4.78 is 5.55. The molecular weight excluding hydrogens is 376 g/mol.